The Hall–Kier alpha value is -1.07. The van der Waals surface area contributed by atoms with E-state index in [0.717, 1.165) is 36.3 Å². The molecule has 1 saturated heterocycles. The number of nitrogens with zero attached hydrogens (tertiary/aromatic N) is 1. The zero-order valence-corrected chi connectivity index (χ0v) is 10.9. The number of anilines is 1. The van der Waals surface area contributed by atoms with Gasteiger partial charge >= 0.3 is 5.97 Å². The fraction of sp³-hybridized carbons (Fsp3) is 0.417. The summed E-state index contributed by atoms with van der Waals surface area (Å²) >= 11 is 3.35. The van der Waals surface area contributed by atoms with Crippen LogP contribution in [0, 0.1) is 0 Å². The van der Waals surface area contributed by atoms with Crippen LogP contribution < -0.4 is 4.90 Å². The Kier molecular flexibility index (Phi) is 4.02. The van der Waals surface area contributed by atoms with Crippen LogP contribution in [-0.4, -0.2) is 37.4 Å². The van der Waals surface area contributed by atoms with Gasteiger partial charge in [0, 0.05) is 29.9 Å². The summed E-state index contributed by atoms with van der Waals surface area (Å²) < 4.78 is 6.17. The lowest BCUT2D eigenvalue weighted by Crippen LogP contribution is -2.26. The number of hydrogen-bond acceptors (Lipinski definition) is 3. The molecule has 5 heteroatoms. The van der Waals surface area contributed by atoms with Crippen LogP contribution in [0.15, 0.2) is 22.7 Å². The van der Waals surface area contributed by atoms with Gasteiger partial charge in [0.15, 0.2) is 0 Å². The number of carboxylic acid groups (broad SMARTS) is 1. The van der Waals surface area contributed by atoms with Gasteiger partial charge in [-0.3, -0.25) is 0 Å². The number of carboxylic acids is 1. The minimum absolute atomic E-state index is 0.305. The molecule has 1 N–H and O–H groups in total. The molecule has 17 heavy (non-hydrogen) atoms. The van der Waals surface area contributed by atoms with E-state index in [1.807, 2.05) is 6.07 Å². The summed E-state index contributed by atoms with van der Waals surface area (Å²) in [6.07, 6.45) is 0.967. The van der Waals surface area contributed by atoms with E-state index in [-0.39, 0.29) is 0 Å². The molecular formula is C12H14BrNO3. The lowest BCUT2D eigenvalue weighted by molar-refractivity contribution is 0.0697. The van der Waals surface area contributed by atoms with Crippen molar-refractivity contribution in [3.63, 3.8) is 0 Å². The van der Waals surface area contributed by atoms with Crippen molar-refractivity contribution in [2.45, 2.75) is 6.42 Å². The van der Waals surface area contributed by atoms with E-state index < -0.39 is 5.97 Å². The monoisotopic (exact) mass is 299 g/mol. The predicted molar refractivity (Wildman–Crippen MR) is 68.8 cm³/mol. The van der Waals surface area contributed by atoms with E-state index in [2.05, 4.69) is 20.8 Å². The zero-order chi connectivity index (χ0) is 12.3. The summed E-state index contributed by atoms with van der Waals surface area (Å²) in [5, 5.41) is 9.02. The van der Waals surface area contributed by atoms with Crippen molar-refractivity contribution in [2.75, 3.05) is 31.2 Å². The van der Waals surface area contributed by atoms with Crippen LogP contribution in [-0.2, 0) is 4.74 Å². The largest absolute Gasteiger partial charge is 0.478 e. The van der Waals surface area contributed by atoms with Gasteiger partial charge in [-0.1, -0.05) is 15.9 Å². The Morgan fingerprint density at radius 1 is 1.29 bits per heavy atom. The van der Waals surface area contributed by atoms with Gasteiger partial charge in [0.25, 0.3) is 0 Å². The van der Waals surface area contributed by atoms with Crippen molar-refractivity contribution < 1.29 is 14.6 Å². The van der Waals surface area contributed by atoms with Crippen LogP contribution in [0.25, 0.3) is 0 Å². The van der Waals surface area contributed by atoms with Crippen LogP contribution in [0.4, 0.5) is 5.69 Å². The molecular weight excluding hydrogens is 286 g/mol. The standard InChI is InChI=1S/C12H14BrNO3/c13-10-6-9(12(15)16)7-11(8-10)14-2-1-4-17-5-3-14/h6-8H,1-5H2,(H,15,16). The Bertz CT molecular complexity index is 414. The lowest BCUT2D eigenvalue weighted by Gasteiger charge is -2.22. The van der Waals surface area contributed by atoms with E-state index in [1.54, 1.807) is 12.1 Å². The van der Waals surface area contributed by atoms with Crippen molar-refractivity contribution in [3.05, 3.63) is 28.2 Å². The maximum Gasteiger partial charge on any atom is 0.335 e. The number of aromatic carboxylic acids is 1. The average molecular weight is 300 g/mol. The Balaban J connectivity index is 2.27. The van der Waals surface area contributed by atoms with Crippen LogP contribution in [0.3, 0.4) is 0 Å². The van der Waals surface area contributed by atoms with E-state index in [9.17, 15) is 4.79 Å². The predicted octanol–water partition coefficient (Wildman–Crippen LogP) is 2.37. The molecule has 2 rings (SSSR count). The molecule has 0 unspecified atom stereocenters. The molecule has 0 saturated carbocycles. The van der Waals surface area contributed by atoms with E-state index in [0.29, 0.717) is 12.2 Å². The van der Waals surface area contributed by atoms with Gasteiger partial charge in [0.2, 0.25) is 0 Å². The molecule has 1 heterocycles. The van der Waals surface area contributed by atoms with Crippen LogP contribution >= 0.6 is 15.9 Å². The SMILES string of the molecule is O=C(O)c1cc(Br)cc(N2CCCOCC2)c1. The fourth-order valence-electron chi connectivity index (χ4n) is 1.88. The molecule has 1 aromatic carbocycles. The second kappa shape index (κ2) is 5.51. The molecule has 1 aromatic rings. The number of benzene rings is 1. The van der Waals surface area contributed by atoms with Crippen molar-refractivity contribution in [2.24, 2.45) is 0 Å². The highest BCUT2D eigenvalue weighted by Gasteiger charge is 2.13. The summed E-state index contributed by atoms with van der Waals surface area (Å²) in [6.45, 7) is 3.16. The summed E-state index contributed by atoms with van der Waals surface area (Å²) in [7, 11) is 0. The average Bonchev–Trinajstić information content (AvgIpc) is 2.56. The van der Waals surface area contributed by atoms with E-state index in [1.165, 1.54) is 0 Å². The molecule has 0 aliphatic carbocycles. The summed E-state index contributed by atoms with van der Waals surface area (Å²) in [4.78, 5) is 13.1. The minimum Gasteiger partial charge on any atom is -0.478 e. The number of halogens is 1. The lowest BCUT2D eigenvalue weighted by atomic mass is 10.2. The Morgan fingerprint density at radius 2 is 2.12 bits per heavy atom. The number of carbonyl (C=O) groups is 1. The number of rotatable bonds is 2. The van der Waals surface area contributed by atoms with E-state index >= 15 is 0 Å². The third-order valence-corrected chi connectivity index (χ3v) is 3.17. The third kappa shape index (κ3) is 3.20. The quantitative estimate of drug-likeness (QED) is 0.911. The van der Waals surface area contributed by atoms with Gasteiger partial charge in [0.1, 0.15) is 0 Å². The van der Waals surface area contributed by atoms with Gasteiger partial charge in [-0.2, -0.15) is 0 Å². The zero-order valence-electron chi connectivity index (χ0n) is 9.36. The molecule has 0 amide bonds. The fourth-order valence-corrected chi connectivity index (χ4v) is 2.37. The first kappa shape index (κ1) is 12.4. The van der Waals surface area contributed by atoms with Gasteiger partial charge in [-0.05, 0) is 24.6 Å². The minimum atomic E-state index is -0.904. The molecule has 1 fully saturated rings. The molecule has 1 aliphatic heterocycles. The van der Waals surface area contributed by atoms with Gasteiger partial charge < -0.3 is 14.7 Å². The molecule has 0 radical (unpaired) electrons. The molecule has 4 nitrogen and oxygen atoms in total. The summed E-state index contributed by atoms with van der Waals surface area (Å²) in [5.74, 6) is -0.904. The van der Waals surface area contributed by atoms with Crippen LogP contribution in [0.5, 0.6) is 0 Å². The maximum absolute atomic E-state index is 11.0. The highest BCUT2D eigenvalue weighted by molar-refractivity contribution is 9.10. The molecule has 0 atom stereocenters. The second-order valence-corrected chi connectivity index (χ2v) is 4.87. The van der Waals surface area contributed by atoms with E-state index in [4.69, 9.17) is 9.84 Å². The van der Waals surface area contributed by atoms with Gasteiger partial charge in [-0.15, -0.1) is 0 Å². The summed E-state index contributed by atoms with van der Waals surface area (Å²) in [5.41, 5.74) is 1.24. The molecule has 92 valence electrons. The maximum atomic E-state index is 11.0. The van der Waals surface area contributed by atoms with Crippen molar-refractivity contribution in [1.82, 2.24) is 0 Å². The first-order valence-corrected chi connectivity index (χ1v) is 6.33. The molecule has 0 spiro atoms. The third-order valence-electron chi connectivity index (χ3n) is 2.72. The van der Waals surface area contributed by atoms with Crippen LogP contribution in [0.1, 0.15) is 16.8 Å². The normalized spacial score (nSPS) is 16.6. The number of hydrogen-bond donors (Lipinski definition) is 1. The Morgan fingerprint density at radius 3 is 2.88 bits per heavy atom. The first-order valence-electron chi connectivity index (χ1n) is 5.53. The molecule has 1 aliphatic rings. The molecule has 0 bridgehead atoms. The first-order chi connectivity index (χ1) is 8.16. The topological polar surface area (TPSA) is 49.8 Å². The highest BCUT2D eigenvalue weighted by Crippen LogP contribution is 2.23. The second-order valence-electron chi connectivity index (χ2n) is 3.96. The highest BCUT2D eigenvalue weighted by atomic mass is 79.9. The van der Waals surface area contributed by atoms with Gasteiger partial charge in [0.05, 0.1) is 12.2 Å². The van der Waals surface area contributed by atoms with Crippen molar-refractivity contribution >= 4 is 27.6 Å². The van der Waals surface area contributed by atoms with Crippen molar-refractivity contribution in [3.8, 4) is 0 Å². The summed E-state index contributed by atoms with van der Waals surface area (Å²) in [6, 6.07) is 5.26. The van der Waals surface area contributed by atoms with Crippen molar-refractivity contribution in [1.29, 1.82) is 0 Å². The molecule has 0 aromatic heterocycles. The van der Waals surface area contributed by atoms with Gasteiger partial charge in [-0.25, -0.2) is 4.79 Å². The number of ether oxygens (including phenoxy) is 1. The smallest absolute Gasteiger partial charge is 0.335 e. The Labute approximate surface area is 108 Å². The van der Waals surface area contributed by atoms with Crippen LogP contribution in [0.2, 0.25) is 0 Å².